The van der Waals surface area contributed by atoms with Gasteiger partial charge in [-0.15, -0.1) is 0 Å². The van der Waals surface area contributed by atoms with E-state index < -0.39 is 66.8 Å². The van der Waals surface area contributed by atoms with Gasteiger partial charge in [0.25, 0.3) is 5.56 Å². The Kier molecular flexibility index (Phi) is 5.45. The lowest BCUT2D eigenvalue weighted by Crippen LogP contribution is -2.43. The zero-order valence-corrected chi connectivity index (χ0v) is 13.8. The smallest absolute Gasteiger partial charge is 0.330 e. The number of rotatable bonds is 5. The summed E-state index contributed by atoms with van der Waals surface area (Å²) in [6.07, 6.45) is -10.4. The largest absolute Gasteiger partial charge is 0.387 e. The van der Waals surface area contributed by atoms with Gasteiger partial charge in [0, 0.05) is 18.8 Å². The van der Waals surface area contributed by atoms with Crippen molar-refractivity contribution in [1.29, 1.82) is 0 Å². The number of aromatic amines is 1. The second kappa shape index (κ2) is 7.35. The van der Waals surface area contributed by atoms with Crippen LogP contribution >= 0.6 is 0 Å². The quantitative estimate of drug-likeness (QED) is 0.346. The molecule has 2 aliphatic heterocycles. The third-order valence-electron chi connectivity index (χ3n) is 4.49. The zero-order chi connectivity index (χ0) is 19.9. The molecule has 2 aliphatic rings. The number of alkyl halides is 2. The summed E-state index contributed by atoms with van der Waals surface area (Å²) in [6, 6.07) is 0.913. The lowest BCUT2D eigenvalue weighted by molar-refractivity contribution is -0.201. The number of aliphatic hydroxyl groups excluding tert-OH is 3. The molecule has 1 aromatic rings. The number of hydrogen-bond acceptors (Lipinski definition) is 9. The first kappa shape index (κ1) is 20.0. The van der Waals surface area contributed by atoms with Crippen molar-refractivity contribution in [3.05, 3.63) is 33.1 Å². The van der Waals surface area contributed by atoms with Gasteiger partial charge in [0.05, 0.1) is 6.61 Å². The van der Waals surface area contributed by atoms with Gasteiger partial charge in [-0.25, -0.2) is 13.6 Å². The van der Waals surface area contributed by atoms with E-state index in [1.54, 1.807) is 0 Å². The standard InChI is InChI=1S/C14H19F2N3O8/c15-14(16)6(4-25-12-9(22)8(21)5(3-17)26-12)27-11(10(14)23)19-2-1-7(20)18-13(19)24/h1-2,5-6,8-12,21-23H,3-4,17H2,(H,18,20,24)/t5-,6-,8-,9-,10+,11-,12-/m1/s1. The molecular weight excluding hydrogens is 376 g/mol. The fraction of sp³-hybridized carbons (Fsp3) is 0.714. The predicted octanol–water partition coefficient (Wildman–Crippen LogP) is -3.15. The number of H-pyrrole nitrogens is 1. The number of nitrogens with one attached hydrogen (secondary N) is 1. The van der Waals surface area contributed by atoms with Crippen LogP contribution < -0.4 is 17.0 Å². The molecule has 0 bridgehead atoms. The minimum atomic E-state index is -3.81. The summed E-state index contributed by atoms with van der Waals surface area (Å²) >= 11 is 0. The van der Waals surface area contributed by atoms with E-state index in [1.807, 2.05) is 4.98 Å². The van der Waals surface area contributed by atoms with E-state index >= 15 is 0 Å². The van der Waals surface area contributed by atoms with Crippen molar-refractivity contribution in [3.63, 3.8) is 0 Å². The average Bonchev–Trinajstić information content (AvgIpc) is 3.01. The molecule has 2 saturated heterocycles. The average molecular weight is 395 g/mol. The summed E-state index contributed by atoms with van der Waals surface area (Å²) < 4.78 is 44.5. The minimum absolute atomic E-state index is 0.121. The predicted molar refractivity (Wildman–Crippen MR) is 81.9 cm³/mol. The van der Waals surface area contributed by atoms with E-state index in [1.165, 1.54) is 0 Å². The molecule has 27 heavy (non-hydrogen) atoms. The maximum absolute atomic E-state index is 14.3. The van der Waals surface area contributed by atoms with Crippen LogP contribution in [0.3, 0.4) is 0 Å². The molecule has 0 spiro atoms. The molecule has 6 N–H and O–H groups in total. The first-order chi connectivity index (χ1) is 12.7. The molecule has 0 unspecified atom stereocenters. The van der Waals surface area contributed by atoms with E-state index in [2.05, 4.69) is 0 Å². The van der Waals surface area contributed by atoms with Crippen LogP contribution in [0.2, 0.25) is 0 Å². The number of nitrogens with two attached hydrogens (primary N) is 1. The molecule has 3 rings (SSSR count). The van der Waals surface area contributed by atoms with Gasteiger partial charge in [-0.1, -0.05) is 0 Å². The second-order valence-electron chi connectivity index (χ2n) is 6.25. The number of aromatic nitrogens is 2. The maximum atomic E-state index is 14.3. The van der Waals surface area contributed by atoms with Gasteiger partial charge in [0.1, 0.15) is 24.4 Å². The second-order valence-corrected chi connectivity index (χ2v) is 6.25. The Bertz CT molecular complexity index is 786. The van der Waals surface area contributed by atoms with E-state index in [-0.39, 0.29) is 6.54 Å². The Morgan fingerprint density at radius 2 is 1.96 bits per heavy atom. The topological polar surface area (TPSA) is 169 Å². The molecule has 0 amide bonds. The highest BCUT2D eigenvalue weighted by Crippen LogP contribution is 2.41. The Morgan fingerprint density at radius 1 is 1.26 bits per heavy atom. The van der Waals surface area contributed by atoms with Crippen LogP contribution in [-0.4, -0.2) is 80.8 Å². The summed E-state index contributed by atoms with van der Waals surface area (Å²) in [5, 5.41) is 29.4. The Hall–Kier alpha value is -1.74. The van der Waals surface area contributed by atoms with Crippen LogP contribution in [0.4, 0.5) is 8.78 Å². The van der Waals surface area contributed by atoms with Gasteiger partial charge < -0.3 is 35.3 Å². The number of hydrogen-bond donors (Lipinski definition) is 5. The first-order valence-electron chi connectivity index (χ1n) is 8.03. The highest BCUT2D eigenvalue weighted by Gasteiger charge is 2.59. The van der Waals surface area contributed by atoms with Gasteiger partial charge in [-0.2, -0.15) is 0 Å². The van der Waals surface area contributed by atoms with Crippen molar-refractivity contribution < 1.29 is 38.3 Å². The normalized spacial score (nSPS) is 38.4. The third-order valence-corrected chi connectivity index (χ3v) is 4.49. The monoisotopic (exact) mass is 395 g/mol. The van der Waals surface area contributed by atoms with Crippen molar-refractivity contribution in [2.45, 2.75) is 49.0 Å². The van der Waals surface area contributed by atoms with Crippen LogP contribution in [0.5, 0.6) is 0 Å². The number of aliphatic hydroxyl groups is 3. The van der Waals surface area contributed by atoms with Crippen LogP contribution in [0.1, 0.15) is 6.23 Å². The maximum Gasteiger partial charge on any atom is 0.330 e. The van der Waals surface area contributed by atoms with Gasteiger partial charge >= 0.3 is 11.6 Å². The highest BCUT2D eigenvalue weighted by atomic mass is 19.3. The van der Waals surface area contributed by atoms with E-state index in [9.17, 15) is 33.7 Å². The molecular formula is C14H19F2N3O8. The molecule has 13 heteroatoms. The van der Waals surface area contributed by atoms with Crippen LogP contribution in [0, 0.1) is 0 Å². The lowest BCUT2D eigenvalue weighted by atomic mass is 10.1. The Labute approximate surface area is 149 Å². The Balaban J connectivity index is 1.71. The molecule has 11 nitrogen and oxygen atoms in total. The van der Waals surface area contributed by atoms with Gasteiger partial charge in [0.15, 0.2) is 18.6 Å². The minimum Gasteiger partial charge on any atom is -0.387 e. The van der Waals surface area contributed by atoms with Crippen molar-refractivity contribution in [2.24, 2.45) is 5.73 Å². The summed E-state index contributed by atoms with van der Waals surface area (Å²) in [7, 11) is 0. The first-order valence-corrected chi connectivity index (χ1v) is 8.03. The molecule has 7 atom stereocenters. The SMILES string of the molecule is NC[C@H]1O[C@@H](OC[C@H]2O[C@@H](n3ccc(=O)[nH]c3=O)[C@H](O)C2(F)F)[C@H](O)[C@@H]1O. The van der Waals surface area contributed by atoms with Crippen molar-refractivity contribution in [1.82, 2.24) is 9.55 Å². The molecule has 1 aromatic heterocycles. The lowest BCUT2D eigenvalue weighted by Gasteiger charge is -2.22. The number of ether oxygens (including phenoxy) is 3. The molecule has 0 saturated carbocycles. The van der Waals surface area contributed by atoms with E-state index in [4.69, 9.17) is 19.9 Å². The molecule has 0 radical (unpaired) electrons. The van der Waals surface area contributed by atoms with Gasteiger partial charge in [-0.05, 0) is 0 Å². The van der Waals surface area contributed by atoms with E-state index in [0.717, 1.165) is 12.3 Å². The molecule has 3 heterocycles. The summed E-state index contributed by atoms with van der Waals surface area (Å²) in [6.45, 7) is -0.936. The fourth-order valence-corrected chi connectivity index (χ4v) is 2.94. The van der Waals surface area contributed by atoms with Crippen molar-refractivity contribution in [2.75, 3.05) is 13.2 Å². The highest BCUT2D eigenvalue weighted by molar-refractivity contribution is 4.98. The number of nitrogens with zero attached hydrogens (tertiary/aromatic N) is 1. The fourth-order valence-electron chi connectivity index (χ4n) is 2.94. The van der Waals surface area contributed by atoms with Crippen LogP contribution in [-0.2, 0) is 14.2 Å². The molecule has 152 valence electrons. The Morgan fingerprint density at radius 3 is 2.56 bits per heavy atom. The molecule has 2 fully saturated rings. The summed E-state index contributed by atoms with van der Waals surface area (Å²) in [5.41, 5.74) is 3.57. The van der Waals surface area contributed by atoms with Crippen molar-refractivity contribution >= 4 is 0 Å². The summed E-state index contributed by atoms with van der Waals surface area (Å²) in [4.78, 5) is 24.7. The van der Waals surface area contributed by atoms with Crippen LogP contribution in [0.25, 0.3) is 0 Å². The number of halogens is 2. The third kappa shape index (κ3) is 3.54. The van der Waals surface area contributed by atoms with Crippen molar-refractivity contribution in [3.8, 4) is 0 Å². The molecule has 0 aliphatic carbocycles. The van der Waals surface area contributed by atoms with Gasteiger partial charge in [-0.3, -0.25) is 14.3 Å². The summed E-state index contributed by atoms with van der Waals surface area (Å²) in [5.74, 6) is -3.81. The van der Waals surface area contributed by atoms with Crippen LogP contribution in [0.15, 0.2) is 21.9 Å². The van der Waals surface area contributed by atoms with Gasteiger partial charge in [0.2, 0.25) is 0 Å². The zero-order valence-electron chi connectivity index (χ0n) is 13.8. The molecule has 0 aromatic carbocycles. The van der Waals surface area contributed by atoms with E-state index in [0.29, 0.717) is 4.57 Å².